The smallest absolute Gasteiger partial charge is 0.338 e. The average Bonchev–Trinajstić information content (AvgIpc) is 2.52. The van der Waals surface area contributed by atoms with Crippen molar-refractivity contribution in [3.05, 3.63) is 35.6 Å². The standard InChI is InChI=1S/C15H17FN2O4/c16-11-5-3-4-10(8-11)15(21)22-9-13(19)18-7-2-1-6-12(18)14(17)20/h3-5,8,12H,1-2,6-7,9H2,(H2,17,20)/t12-/m1/s1. The first-order valence-corrected chi connectivity index (χ1v) is 7.00. The van der Waals surface area contributed by atoms with Crippen molar-refractivity contribution in [2.75, 3.05) is 13.2 Å². The zero-order chi connectivity index (χ0) is 16.1. The van der Waals surface area contributed by atoms with Crippen molar-refractivity contribution in [1.29, 1.82) is 0 Å². The first kappa shape index (κ1) is 15.9. The summed E-state index contributed by atoms with van der Waals surface area (Å²) in [5, 5.41) is 0. The van der Waals surface area contributed by atoms with Crippen molar-refractivity contribution in [3.8, 4) is 0 Å². The highest BCUT2D eigenvalue weighted by Gasteiger charge is 2.31. The lowest BCUT2D eigenvalue weighted by Crippen LogP contribution is -2.51. The van der Waals surface area contributed by atoms with Gasteiger partial charge < -0.3 is 15.4 Å². The van der Waals surface area contributed by atoms with Crippen molar-refractivity contribution in [1.82, 2.24) is 4.90 Å². The Morgan fingerprint density at radius 2 is 2.09 bits per heavy atom. The minimum atomic E-state index is -0.791. The number of likely N-dealkylation sites (tertiary alicyclic amines) is 1. The van der Waals surface area contributed by atoms with Crippen LogP contribution in [-0.2, 0) is 14.3 Å². The number of ether oxygens (including phenoxy) is 1. The molecule has 1 aliphatic rings. The van der Waals surface area contributed by atoms with Crippen LogP contribution in [0.15, 0.2) is 24.3 Å². The number of nitrogens with zero attached hydrogens (tertiary/aromatic N) is 1. The Morgan fingerprint density at radius 1 is 1.32 bits per heavy atom. The molecule has 1 saturated heterocycles. The number of hydrogen-bond acceptors (Lipinski definition) is 4. The lowest BCUT2D eigenvalue weighted by atomic mass is 10.0. The van der Waals surface area contributed by atoms with E-state index >= 15 is 0 Å². The molecule has 1 heterocycles. The highest BCUT2D eigenvalue weighted by Crippen LogP contribution is 2.17. The summed E-state index contributed by atoms with van der Waals surface area (Å²) in [4.78, 5) is 36.5. The van der Waals surface area contributed by atoms with Gasteiger partial charge in [0.2, 0.25) is 5.91 Å². The molecule has 1 fully saturated rings. The lowest BCUT2D eigenvalue weighted by Gasteiger charge is -2.33. The molecule has 2 N–H and O–H groups in total. The second kappa shape index (κ2) is 7.02. The fourth-order valence-corrected chi connectivity index (χ4v) is 2.43. The topological polar surface area (TPSA) is 89.7 Å². The predicted molar refractivity (Wildman–Crippen MR) is 75.2 cm³/mol. The van der Waals surface area contributed by atoms with Gasteiger partial charge >= 0.3 is 5.97 Å². The quantitative estimate of drug-likeness (QED) is 0.835. The summed E-state index contributed by atoms with van der Waals surface area (Å²) < 4.78 is 17.9. The zero-order valence-electron chi connectivity index (χ0n) is 12.0. The molecule has 0 radical (unpaired) electrons. The van der Waals surface area contributed by atoms with Crippen molar-refractivity contribution in [2.45, 2.75) is 25.3 Å². The summed E-state index contributed by atoms with van der Waals surface area (Å²) in [6.07, 6.45) is 2.10. The van der Waals surface area contributed by atoms with E-state index in [4.69, 9.17) is 10.5 Å². The van der Waals surface area contributed by atoms with E-state index < -0.39 is 36.2 Å². The summed E-state index contributed by atoms with van der Waals surface area (Å²) in [5.41, 5.74) is 5.30. The van der Waals surface area contributed by atoms with E-state index in [9.17, 15) is 18.8 Å². The number of piperidine rings is 1. The van der Waals surface area contributed by atoms with Crippen LogP contribution in [0.2, 0.25) is 0 Å². The molecular formula is C15H17FN2O4. The number of carbonyl (C=O) groups is 3. The minimum Gasteiger partial charge on any atom is -0.452 e. The Hall–Kier alpha value is -2.44. The summed E-state index contributed by atoms with van der Waals surface area (Å²) in [7, 11) is 0. The average molecular weight is 308 g/mol. The maximum atomic E-state index is 13.0. The number of halogens is 1. The number of carbonyl (C=O) groups excluding carboxylic acids is 3. The molecule has 1 aliphatic heterocycles. The van der Waals surface area contributed by atoms with Crippen LogP contribution in [0.3, 0.4) is 0 Å². The van der Waals surface area contributed by atoms with E-state index in [0.29, 0.717) is 13.0 Å². The lowest BCUT2D eigenvalue weighted by molar-refractivity contribution is -0.143. The van der Waals surface area contributed by atoms with Crippen molar-refractivity contribution < 1.29 is 23.5 Å². The fourth-order valence-electron chi connectivity index (χ4n) is 2.43. The second-order valence-corrected chi connectivity index (χ2v) is 5.09. The van der Waals surface area contributed by atoms with Gasteiger partial charge in [0.05, 0.1) is 5.56 Å². The molecule has 22 heavy (non-hydrogen) atoms. The van der Waals surface area contributed by atoms with Crippen LogP contribution < -0.4 is 5.73 Å². The SMILES string of the molecule is NC(=O)[C@H]1CCCCN1C(=O)COC(=O)c1cccc(F)c1. The van der Waals surface area contributed by atoms with Gasteiger partial charge in [0.15, 0.2) is 6.61 Å². The van der Waals surface area contributed by atoms with Gasteiger partial charge in [0.1, 0.15) is 11.9 Å². The third-order valence-electron chi connectivity index (χ3n) is 3.54. The van der Waals surface area contributed by atoms with E-state index in [1.54, 1.807) is 0 Å². The van der Waals surface area contributed by atoms with Crippen LogP contribution in [0.1, 0.15) is 29.6 Å². The van der Waals surface area contributed by atoms with Gasteiger partial charge in [-0.2, -0.15) is 0 Å². The monoisotopic (exact) mass is 308 g/mol. The molecule has 6 nitrogen and oxygen atoms in total. The molecule has 0 saturated carbocycles. The third-order valence-corrected chi connectivity index (χ3v) is 3.54. The molecule has 0 unspecified atom stereocenters. The van der Waals surface area contributed by atoms with Crippen molar-refractivity contribution >= 4 is 17.8 Å². The molecule has 118 valence electrons. The Balaban J connectivity index is 1.94. The molecule has 0 spiro atoms. The number of amides is 2. The van der Waals surface area contributed by atoms with Gasteiger partial charge in [0, 0.05) is 6.54 Å². The van der Waals surface area contributed by atoms with Gasteiger partial charge in [-0.3, -0.25) is 9.59 Å². The van der Waals surface area contributed by atoms with Crippen molar-refractivity contribution in [2.24, 2.45) is 5.73 Å². The number of nitrogens with two attached hydrogens (primary N) is 1. The van der Waals surface area contributed by atoms with Crippen LogP contribution in [0, 0.1) is 5.82 Å². The summed E-state index contributed by atoms with van der Waals surface area (Å²) in [6, 6.07) is 4.34. The number of primary amides is 1. The van der Waals surface area contributed by atoms with Crippen LogP contribution in [0.4, 0.5) is 4.39 Å². The largest absolute Gasteiger partial charge is 0.452 e. The highest BCUT2D eigenvalue weighted by atomic mass is 19.1. The Labute approximate surface area is 127 Å². The highest BCUT2D eigenvalue weighted by molar-refractivity contribution is 5.92. The molecular weight excluding hydrogens is 291 g/mol. The zero-order valence-corrected chi connectivity index (χ0v) is 12.0. The van der Waals surface area contributed by atoms with Crippen molar-refractivity contribution in [3.63, 3.8) is 0 Å². The van der Waals surface area contributed by atoms with E-state index in [1.165, 1.54) is 23.1 Å². The van der Waals surface area contributed by atoms with Crippen LogP contribution >= 0.6 is 0 Å². The molecule has 2 amide bonds. The molecule has 1 aromatic rings. The van der Waals surface area contributed by atoms with Crippen LogP contribution in [0.5, 0.6) is 0 Å². The molecule has 7 heteroatoms. The van der Waals surface area contributed by atoms with E-state index in [0.717, 1.165) is 18.9 Å². The van der Waals surface area contributed by atoms with E-state index in [2.05, 4.69) is 0 Å². The Kier molecular flexibility index (Phi) is 5.08. The number of esters is 1. The molecule has 2 rings (SSSR count). The predicted octanol–water partition coefficient (Wildman–Crippen LogP) is 0.849. The van der Waals surface area contributed by atoms with Gasteiger partial charge in [-0.05, 0) is 37.5 Å². The fraction of sp³-hybridized carbons (Fsp3) is 0.400. The van der Waals surface area contributed by atoms with Crippen LogP contribution in [-0.4, -0.2) is 41.9 Å². The second-order valence-electron chi connectivity index (χ2n) is 5.09. The number of benzene rings is 1. The normalized spacial score (nSPS) is 17.9. The van der Waals surface area contributed by atoms with E-state index in [-0.39, 0.29) is 5.56 Å². The number of hydrogen-bond donors (Lipinski definition) is 1. The van der Waals surface area contributed by atoms with Gasteiger partial charge in [0.25, 0.3) is 5.91 Å². The minimum absolute atomic E-state index is 0.0258. The maximum absolute atomic E-state index is 13.0. The maximum Gasteiger partial charge on any atom is 0.338 e. The van der Waals surface area contributed by atoms with Gasteiger partial charge in [-0.25, -0.2) is 9.18 Å². The first-order chi connectivity index (χ1) is 10.5. The third kappa shape index (κ3) is 3.81. The molecule has 0 aliphatic carbocycles. The van der Waals surface area contributed by atoms with E-state index in [1.807, 2.05) is 0 Å². The van der Waals surface area contributed by atoms with Gasteiger partial charge in [-0.15, -0.1) is 0 Å². The summed E-state index contributed by atoms with van der Waals surface area (Å²) >= 11 is 0. The first-order valence-electron chi connectivity index (χ1n) is 7.00. The Morgan fingerprint density at radius 3 is 2.77 bits per heavy atom. The van der Waals surface area contributed by atoms with Gasteiger partial charge in [-0.1, -0.05) is 6.07 Å². The number of rotatable bonds is 4. The van der Waals surface area contributed by atoms with Crippen LogP contribution in [0.25, 0.3) is 0 Å². The Bertz CT molecular complexity index is 591. The summed E-state index contributed by atoms with van der Waals surface area (Å²) in [5.74, 6) is -2.40. The molecule has 0 bridgehead atoms. The molecule has 1 aromatic carbocycles. The molecule has 1 atom stereocenters. The summed E-state index contributed by atoms with van der Waals surface area (Å²) in [6.45, 7) is -0.0942. The molecule has 0 aromatic heterocycles.